The van der Waals surface area contributed by atoms with Gasteiger partial charge in [0, 0.05) is 5.33 Å². The highest BCUT2D eigenvalue weighted by molar-refractivity contribution is 9.09. The van der Waals surface area contributed by atoms with Gasteiger partial charge in [0.2, 0.25) is 0 Å². The van der Waals surface area contributed by atoms with Gasteiger partial charge in [0.25, 0.3) is 0 Å². The largest absolute Gasteiger partial charge is 0.462 e. The molecule has 0 spiro atoms. The number of benzene rings is 1. The van der Waals surface area contributed by atoms with Crippen LogP contribution in [-0.2, 0) is 14.4 Å². The molecule has 4 nitrogen and oxygen atoms in total. The molecule has 5 heteroatoms. The summed E-state index contributed by atoms with van der Waals surface area (Å²) in [5, 5.41) is 4.35. The van der Waals surface area contributed by atoms with Crippen LogP contribution in [0.25, 0.3) is 0 Å². The Morgan fingerprint density at radius 1 is 1.32 bits per heavy atom. The fourth-order valence-electron chi connectivity index (χ4n) is 1.68. The Bertz CT molecular complexity index is 432. The maximum atomic E-state index is 12.2. The van der Waals surface area contributed by atoms with Crippen molar-refractivity contribution in [1.82, 2.24) is 0 Å². The molecule has 104 valence electrons. The van der Waals surface area contributed by atoms with E-state index in [1.807, 2.05) is 44.2 Å². The molecule has 0 saturated heterocycles. The maximum Gasteiger partial charge on any atom is 0.319 e. The summed E-state index contributed by atoms with van der Waals surface area (Å²) in [5.74, 6) is -0.876. The second-order valence-electron chi connectivity index (χ2n) is 4.23. The van der Waals surface area contributed by atoms with Gasteiger partial charge in [-0.15, -0.1) is 0 Å². The van der Waals surface area contributed by atoms with Crippen LogP contribution in [0.2, 0.25) is 0 Å². The molecule has 0 aliphatic rings. The van der Waals surface area contributed by atoms with Crippen molar-refractivity contribution >= 4 is 27.6 Å². The molecule has 1 aromatic rings. The molecule has 0 heterocycles. The van der Waals surface area contributed by atoms with Crippen LogP contribution in [0, 0.1) is 0 Å². The Morgan fingerprint density at radius 3 is 2.42 bits per heavy atom. The Balaban J connectivity index is 3.11. The summed E-state index contributed by atoms with van der Waals surface area (Å²) in [4.78, 5) is 17.1. The molecule has 1 unspecified atom stereocenters. The summed E-state index contributed by atoms with van der Waals surface area (Å²) in [6.45, 7) is 3.64. The molecule has 0 N–H and O–H groups in total. The van der Waals surface area contributed by atoms with E-state index in [0.29, 0.717) is 11.0 Å². The SMILES string of the molecule is CO/N=C(/CBr)C(C(=O)OC(C)C)c1ccccc1. The molecule has 0 fully saturated rings. The molecule has 1 rings (SSSR count). The van der Waals surface area contributed by atoms with Gasteiger partial charge in [-0.3, -0.25) is 4.79 Å². The fourth-order valence-corrected chi connectivity index (χ4v) is 2.11. The van der Waals surface area contributed by atoms with Crippen LogP contribution in [0.1, 0.15) is 25.3 Å². The highest BCUT2D eigenvalue weighted by atomic mass is 79.9. The highest BCUT2D eigenvalue weighted by Gasteiger charge is 2.28. The van der Waals surface area contributed by atoms with Crippen molar-refractivity contribution < 1.29 is 14.4 Å². The van der Waals surface area contributed by atoms with Gasteiger partial charge in [-0.25, -0.2) is 0 Å². The number of alkyl halides is 1. The van der Waals surface area contributed by atoms with Crippen molar-refractivity contribution in [2.75, 3.05) is 12.4 Å². The molecule has 0 aliphatic heterocycles. The van der Waals surface area contributed by atoms with Gasteiger partial charge in [0.15, 0.2) is 0 Å². The molecule has 1 aromatic carbocycles. The molecule has 0 bridgehead atoms. The molecule has 0 aliphatic carbocycles. The number of ether oxygens (including phenoxy) is 1. The van der Waals surface area contributed by atoms with Crippen molar-refractivity contribution in [1.29, 1.82) is 0 Å². The molecule has 0 aromatic heterocycles. The number of hydrogen-bond acceptors (Lipinski definition) is 4. The van der Waals surface area contributed by atoms with Crippen LogP contribution in [-0.4, -0.2) is 30.2 Å². The summed E-state index contributed by atoms with van der Waals surface area (Å²) in [5.41, 5.74) is 1.42. The van der Waals surface area contributed by atoms with E-state index in [9.17, 15) is 4.79 Å². The third kappa shape index (κ3) is 4.67. The number of carbonyl (C=O) groups excluding carboxylic acids is 1. The number of nitrogens with zero attached hydrogens (tertiary/aromatic N) is 1. The van der Waals surface area contributed by atoms with E-state index >= 15 is 0 Å². The lowest BCUT2D eigenvalue weighted by molar-refractivity contribution is -0.147. The second kappa shape index (κ2) is 7.94. The number of hydrogen-bond donors (Lipinski definition) is 0. The number of rotatable bonds is 6. The average molecular weight is 328 g/mol. The third-order valence-electron chi connectivity index (χ3n) is 2.40. The number of halogens is 1. The lowest BCUT2D eigenvalue weighted by Gasteiger charge is -2.18. The normalized spacial score (nSPS) is 13.2. The smallest absolute Gasteiger partial charge is 0.319 e. The van der Waals surface area contributed by atoms with Gasteiger partial charge < -0.3 is 9.57 Å². The molecule has 0 amide bonds. The van der Waals surface area contributed by atoms with Crippen LogP contribution in [0.4, 0.5) is 0 Å². The average Bonchev–Trinajstić information content (AvgIpc) is 2.38. The van der Waals surface area contributed by atoms with Crippen molar-refractivity contribution in [3.05, 3.63) is 35.9 Å². The predicted molar refractivity (Wildman–Crippen MR) is 78.6 cm³/mol. The maximum absolute atomic E-state index is 12.2. The van der Waals surface area contributed by atoms with Gasteiger partial charge >= 0.3 is 5.97 Å². The van der Waals surface area contributed by atoms with Gasteiger partial charge in [0.1, 0.15) is 13.0 Å². The molecule has 0 radical (unpaired) electrons. The first-order valence-electron chi connectivity index (χ1n) is 6.01. The summed E-state index contributed by atoms with van der Waals surface area (Å²) in [6.07, 6.45) is -0.169. The van der Waals surface area contributed by atoms with Crippen LogP contribution >= 0.6 is 15.9 Å². The lowest BCUT2D eigenvalue weighted by atomic mass is 9.95. The minimum absolute atomic E-state index is 0.169. The van der Waals surface area contributed by atoms with E-state index in [4.69, 9.17) is 9.57 Å². The van der Waals surface area contributed by atoms with Crippen molar-refractivity contribution in [3.63, 3.8) is 0 Å². The van der Waals surface area contributed by atoms with E-state index in [1.54, 1.807) is 0 Å². The molecule has 0 saturated carbocycles. The Kier molecular flexibility index (Phi) is 6.56. The van der Waals surface area contributed by atoms with Gasteiger partial charge in [0.05, 0.1) is 11.8 Å². The van der Waals surface area contributed by atoms with E-state index in [-0.39, 0.29) is 12.1 Å². The first-order valence-corrected chi connectivity index (χ1v) is 7.13. The minimum Gasteiger partial charge on any atom is -0.462 e. The summed E-state index contributed by atoms with van der Waals surface area (Å²) in [6, 6.07) is 9.41. The molecular formula is C14H18BrNO3. The third-order valence-corrected chi connectivity index (χ3v) is 2.97. The summed E-state index contributed by atoms with van der Waals surface area (Å²) >= 11 is 3.33. The fraction of sp³-hybridized carbons (Fsp3) is 0.429. The van der Waals surface area contributed by atoms with Crippen molar-refractivity contribution in [2.24, 2.45) is 5.16 Å². The zero-order valence-electron chi connectivity index (χ0n) is 11.3. The van der Waals surface area contributed by atoms with E-state index < -0.39 is 5.92 Å². The summed E-state index contributed by atoms with van der Waals surface area (Å²) < 4.78 is 5.30. The van der Waals surface area contributed by atoms with Gasteiger partial charge in [-0.2, -0.15) is 0 Å². The van der Waals surface area contributed by atoms with Crippen molar-refractivity contribution in [2.45, 2.75) is 25.9 Å². The van der Waals surface area contributed by atoms with Gasteiger partial charge in [-0.05, 0) is 19.4 Å². The van der Waals surface area contributed by atoms with E-state index in [0.717, 1.165) is 5.56 Å². The van der Waals surface area contributed by atoms with E-state index in [2.05, 4.69) is 21.1 Å². The van der Waals surface area contributed by atoms with Crippen LogP contribution in [0.15, 0.2) is 35.5 Å². The summed E-state index contributed by atoms with van der Waals surface area (Å²) in [7, 11) is 1.46. The topological polar surface area (TPSA) is 47.9 Å². The van der Waals surface area contributed by atoms with Crippen LogP contribution in [0.5, 0.6) is 0 Å². The zero-order chi connectivity index (χ0) is 14.3. The Hall–Kier alpha value is -1.36. The van der Waals surface area contributed by atoms with Crippen LogP contribution < -0.4 is 0 Å². The quantitative estimate of drug-likeness (QED) is 0.349. The number of esters is 1. The second-order valence-corrected chi connectivity index (χ2v) is 4.79. The Morgan fingerprint density at radius 2 is 1.95 bits per heavy atom. The lowest BCUT2D eigenvalue weighted by Crippen LogP contribution is -2.27. The molecule has 1 atom stereocenters. The molecule has 19 heavy (non-hydrogen) atoms. The highest BCUT2D eigenvalue weighted by Crippen LogP contribution is 2.21. The Labute approximate surface area is 121 Å². The minimum atomic E-state index is -0.553. The monoisotopic (exact) mass is 327 g/mol. The van der Waals surface area contributed by atoms with Crippen LogP contribution in [0.3, 0.4) is 0 Å². The first kappa shape index (κ1) is 15.7. The van der Waals surface area contributed by atoms with Crippen molar-refractivity contribution in [3.8, 4) is 0 Å². The number of oxime groups is 1. The molecular weight excluding hydrogens is 310 g/mol. The van der Waals surface area contributed by atoms with Gasteiger partial charge in [-0.1, -0.05) is 51.4 Å². The number of carbonyl (C=O) groups is 1. The first-order chi connectivity index (χ1) is 9.10. The zero-order valence-corrected chi connectivity index (χ0v) is 12.9. The predicted octanol–water partition coefficient (Wildman–Crippen LogP) is 3.12. The van der Waals surface area contributed by atoms with E-state index in [1.165, 1.54) is 7.11 Å². The standard InChI is InChI=1S/C14H18BrNO3/c1-10(2)19-14(17)13(12(9-15)16-18-3)11-7-5-4-6-8-11/h4-8,10,13H,9H2,1-3H3/b16-12-.